The number of para-hydroxylation sites is 1. The lowest BCUT2D eigenvalue weighted by molar-refractivity contribution is 0.0698. The fourth-order valence-electron chi connectivity index (χ4n) is 3.48. The van der Waals surface area contributed by atoms with Gasteiger partial charge in [0.05, 0.1) is 11.1 Å². The van der Waals surface area contributed by atoms with Crippen LogP contribution in [-0.4, -0.2) is 45.3 Å². The van der Waals surface area contributed by atoms with Crippen LogP contribution in [0.5, 0.6) is 0 Å². The number of fused-ring (bicyclic) bond motifs is 3. The number of aliphatic hydroxyl groups excluding tert-OH is 1. The van der Waals surface area contributed by atoms with E-state index >= 15 is 0 Å². The molecular weight excluding hydrogens is 280 g/mol. The maximum Gasteiger partial charge on any atom is 0.337 e. The van der Waals surface area contributed by atoms with Gasteiger partial charge in [0.25, 0.3) is 0 Å². The molecule has 1 aromatic carbocycles. The van der Waals surface area contributed by atoms with E-state index in [0.29, 0.717) is 18.5 Å². The molecule has 0 aliphatic carbocycles. The zero-order valence-corrected chi connectivity index (χ0v) is 12.9. The largest absolute Gasteiger partial charge is 0.478 e. The summed E-state index contributed by atoms with van der Waals surface area (Å²) in [4.78, 5) is 14.0. The third-order valence-electron chi connectivity index (χ3n) is 4.57. The molecule has 0 saturated heterocycles. The van der Waals surface area contributed by atoms with Gasteiger partial charge in [-0.1, -0.05) is 19.1 Å². The molecule has 118 valence electrons. The average Bonchev–Trinajstić information content (AvgIpc) is 2.85. The fraction of sp³-hybridized carbons (Fsp3) is 0.471. The summed E-state index contributed by atoms with van der Waals surface area (Å²) in [6, 6.07) is 5.52. The molecule has 2 N–H and O–H groups in total. The molecule has 0 bridgehead atoms. The second-order valence-corrected chi connectivity index (χ2v) is 5.78. The maximum atomic E-state index is 11.6. The van der Waals surface area contributed by atoms with Crippen LogP contribution in [0.3, 0.4) is 0 Å². The third-order valence-corrected chi connectivity index (χ3v) is 4.57. The van der Waals surface area contributed by atoms with Gasteiger partial charge in [-0.15, -0.1) is 0 Å². The van der Waals surface area contributed by atoms with Crippen LogP contribution in [0.15, 0.2) is 18.2 Å². The van der Waals surface area contributed by atoms with E-state index in [0.717, 1.165) is 37.0 Å². The number of aromatic nitrogens is 1. The molecule has 22 heavy (non-hydrogen) atoms. The molecule has 0 spiro atoms. The van der Waals surface area contributed by atoms with Gasteiger partial charge >= 0.3 is 5.97 Å². The van der Waals surface area contributed by atoms with E-state index in [-0.39, 0.29) is 6.61 Å². The SMILES string of the molecule is CCN1CCc2c(c3cccc(C(=O)O)c3n2CCCO)C1. The molecule has 0 amide bonds. The van der Waals surface area contributed by atoms with E-state index in [1.54, 1.807) is 6.07 Å². The highest BCUT2D eigenvalue weighted by molar-refractivity contribution is 6.04. The Kier molecular flexibility index (Phi) is 4.18. The second-order valence-electron chi connectivity index (χ2n) is 5.78. The van der Waals surface area contributed by atoms with E-state index in [2.05, 4.69) is 16.4 Å². The Bertz CT molecular complexity index is 705. The number of aliphatic hydroxyl groups is 1. The topological polar surface area (TPSA) is 65.7 Å². The van der Waals surface area contributed by atoms with E-state index < -0.39 is 5.97 Å². The second kappa shape index (κ2) is 6.10. The molecule has 0 fully saturated rings. The van der Waals surface area contributed by atoms with E-state index in [4.69, 9.17) is 5.11 Å². The van der Waals surface area contributed by atoms with Crippen LogP contribution in [-0.2, 0) is 19.5 Å². The number of aryl methyl sites for hydroxylation is 1. The van der Waals surface area contributed by atoms with Crippen LogP contribution in [0.2, 0.25) is 0 Å². The van der Waals surface area contributed by atoms with Gasteiger partial charge in [-0.05, 0) is 24.6 Å². The molecule has 0 radical (unpaired) electrons. The highest BCUT2D eigenvalue weighted by Crippen LogP contribution is 2.33. The molecule has 0 saturated carbocycles. The summed E-state index contributed by atoms with van der Waals surface area (Å²) >= 11 is 0. The van der Waals surface area contributed by atoms with Crippen molar-refractivity contribution in [2.75, 3.05) is 19.7 Å². The minimum Gasteiger partial charge on any atom is -0.478 e. The molecule has 1 aliphatic rings. The fourth-order valence-corrected chi connectivity index (χ4v) is 3.48. The van der Waals surface area contributed by atoms with Crippen molar-refractivity contribution in [3.8, 4) is 0 Å². The van der Waals surface area contributed by atoms with Crippen molar-refractivity contribution in [3.05, 3.63) is 35.0 Å². The van der Waals surface area contributed by atoms with Crippen molar-refractivity contribution in [1.29, 1.82) is 0 Å². The zero-order valence-electron chi connectivity index (χ0n) is 12.9. The minimum atomic E-state index is -0.891. The number of nitrogens with zero attached hydrogens (tertiary/aromatic N) is 2. The van der Waals surface area contributed by atoms with Gasteiger partial charge < -0.3 is 14.8 Å². The minimum absolute atomic E-state index is 0.116. The Labute approximate surface area is 129 Å². The van der Waals surface area contributed by atoms with Crippen molar-refractivity contribution in [1.82, 2.24) is 9.47 Å². The van der Waals surface area contributed by atoms with E-state index in [9.17, 15) is 9.90 Å². The Morgan fingerprint density at radius 3 is 2.86 bits per heavy atom. The Balaban J connectivity index is 2.23. The Hall–Kier alpha value is -1.85. The molecule has 1 aromatic heterocycles. The first-order valence-electron chi connectivity index (χ1n) is 7.86. The summed E-state index contributed by atoms with van der Waals surface area (Å²) in [6.07, 6.45) is 1.57. The Morgan fingerprint density at radius 1 is 1.36 bits per heavy atom. The highest BCUT2D eigenvalue weighted by atomic mass is 16.4. The van der Waals surface area contributed by atoms with Crippen LogP contribution in [0.25, 0.3) is 10.9 Å². The van der Waals surface area contributed by atoms with E-state index in [1.165, 1.54) is 11.3 Å². The van der Waals surface area contributed by atoms with Crippen LogP contribution in [0.1, 0.15) is 35.0 Å². The summed E-state index contributed by atoms with van der Waals surface area (Å²) in [5.74, 6) is -0.891. The van der Waals surface area contributed by atoms with Crippen LogP contribution in [0, 0.1) is 0 Å². The molecule has 2 aromatic rings. The molecule has 0 unspecified atom stereocenters. The smallest absolute Gasteiger partial charge is 0.337 e. The first kappa shape index (κ1) is 15.1. The quantitative estimate of drug-likeness (QED) is 0.887. The van der Waals surface area contributed by atoms with Crippen molar-refractivity contribution in [2.24, 2.45) is 0 Å². The van der Waals surface area contributed by atoms with Crippen molar-refractivity contribution >= 4 is 16.9 Å². The third kappa shape index (κ3) is 2.40. The van der Waals surface area contributed by atoms with Gasteiger partial charge in [0, 0.05) is 43.7 Å². The zero-order chi connectivity index (χ0) is 15.7. The number of carbonyl (C=O) groups is 1. The molecule has 0 atom stereocenters. The number of carboxylic acid groups (broad SMARTS) is 1. The molecular formula is C17H22N2O3. The number of carboxylic acids is 1. The summed E-state index contributed by atoms with van der Waals surface area (Å²) in [7, 11) is 0. The van der Waals surface area contributed by atoms with Crippen molar-refractivity contribution < 1.29 is 15.0 Å². The number of likely N-dealkylation sites (N-methyl/N-ethyl adjacent to an activating group) is 1. The van der Waals surface area contributed by atoms with Crippen molar-refractivity contribution in [2.45, 2.75) is 32.9 Å². The predicted octanol–water partition coefficient (Wildman–Crippen LogP) is 2.10. The molecule has 3 rings (SSSR count). The van der Waals surface area contributed by atoms with Crippen LogP contribution >= 0.6 is 0 Å². The number of hydrogen-bond acceptors (Lipinski definition) is 3. The predicted molar refractivity (Wildman–Crippen MR) is 85.3 cm³/mol. The van der Waals surface area contributed by atoms with Gasteiger partial charge in [0.1, 0.15) is 0 Å². The van der Waals surface area contributed by atoms with Crippen LogP contribution in [0.4, 0.5) is 0 Å². The van der Waals surface area contributed by atoms with Gasteiger partial charge in [-0.25, -0.2) is 4.79 Å². The van der Waals surface area contributed by atoms with Gasteiger partial charge in [0.15, 0.2) is 0 Å². The average molecular weight is 302 g/mol. The van der Waals surface area contributed by atoms with E-state index in [1.807, 2.05) is 12.1 Å². The lowest BCUT2D eigenvalue weighted by atomic mass is 10.0. The van der Waals surface area contributed by atoms with Crippen LogP contribution < -0.4 is 0 Å². The summed E-state index contributed by atoms with van der Waals surface area (Å²) < 4.78 is 2.12. The number of benzene rings is 1. The number of hydrogen-bond donors (Lipinski definition) is 2. The summed E-state index contributed by atoms with van der Waals surface area (Å²) in [5.41, 5.74) is 3.66. The summed E-state index contributed by atoms with van der Waals surface area (Å²) in [6.45, 7) is 5.81. The lowest BCUT2D eigenvalue weighted by Gasteiger charge is -2.26. The molecule has 5 nitrogen and oxygen atoms in total. The first-order chi connectivity index (χ1) is 10.7. The first-order valence-corrected chi connectivity index (χ1v) is 7.86. The summed E-state index contributed by atoms with van der Waals surface area (Å²) in [5, 5.41) is 19.7. The maximum absolute atomic E-state index is 11.6. The number of aromatic carboxylic acids is 1. The van der Waals surface area contributed by atoms with Gasteiger partial charge in [-0.2, -0.15) is 0 Å². The normalized spacial score (nSPS) is 15.2. The molecule has 5 heteroatoms. The number of rotatable bonds is 5. The van der Waals surface area contributed by atoms with Gasteiger partial charge in [-0.3, -0.25) is 4.90 Å². The lowest BCUT2D eigenvalue weighted by Crippen LogP contribution is -2.30. The van der Waals surface area contributed by atoms with Crippen molar-refractivity contribution in [3.63, 3.8) is 0 Å². The molecule has 1 aliphatic heterocycles. The molecule has 2 heterocycles. The highest BCUT2D eigenvalue weighted by Gasteiger charge is 2.25. The standard InChI is InChI=1S/C17H22N2O3/c1-2-18-9-7-15-14(11-18)12-5-3-6-13(17(21)22)16(12)19(15)8-4-10-20/h3,5-6,20H,2,4,7-11H2,1H3,(H,21,22). The Morgan fingerprint density at radius 2 is 2.18 bits per heavy atom. The monoisotopic (exact) mass is 302 g/mol. The van der Waals surface area contributed by atoms with Gasteiger partial charge in [0.2, 0.25) is 0 Å².